The van der Waals surface area contributed by atoms with Crippen molar-refractivity contribution in [2.75, 3.05) is 13.1 Å². The summed E-state index contributed by atoms with van der Waals surface area (Å²) >= 11 is 0. The molecule has 1 heterocycles. The minimum atomic E-state index is -0.673. The molecule has 1 N–H and O–H groups in total. The van der Waals surface area contributed by atoms with Crippen LogP contribution in [0.3, 0.4) is 0 Å². The molecule has 1 fully saturated rings. The van der Waals surface area contributed by atoms with E-state index in [1.807, 2.05) is 6.07 Å². The zero-order chi connectivity index (χ0) is 13.4. The smallest absolute Gasteiger partial charge is 0.306 e. The van der Waals surface area contributed by atoms with Gasteiger partial charge in [0, 0.05) is 6.04 Å². The molecule has 3 nitrogen and oxygen atoms in total. The first-order chi connectivity index (χ1) is 9.15. The fourth-order valence-corrected chi connectivity index (χ4v) is 3.40. The molecule has 0 amide bonds. The number of aliphatic carboxylic acids is 1. The number of carboxylic acid groups (broad SMARTS) is 1. The summed E-state index contributed by atoms with van der Waals surface area (Å²) in [6.45, 7) is 1.66. The van der Waals surface area contributed by atoms with Gasteiger partial charge in [-0.25, -0.2) is 4.39 Å². The summed E-state index contributed by atoms with van der Waals surface area (Å²) in [5.74, 6) is -1.03. The van der Waals surface area contributed by atoms with Crippen molar-refractivity contribution in [1.29, 1.82) is 0 Å². The maximum Gasteiger partial charge on any atom is 0.306 e. The molecule has 0 radical (unpaired) electrons. The summed E-state index contributed by atoms with van der Waals surface area (Å²) in [5, 5.41) is 9.02. The molecule has 0 bridgehead atoms. The lowest BCUT2D eigenvalue weighted by atomic mass is 9.95. The molecule has 4 heteroatoms. The predicted molar refractivity (Wildman–Crippen MR) is 69.4 cm³/mol. The van der Waals surface area contributed by atoms with Crippen molar-refractivity contribution in [3.05, 3.63) is 35.1 Å². The molecule has 1 aromatic carbocycles. The van der Waals surface area contributed by atoms with Gasteiger partial charge in [0.2, 0.25) is 0 Å². The molecule has 1 saturated heterocycles. The molecule has 1 unspecified atom stereocenters. The second-order valence-electron chi connectivity index (χ2n) is 5.55. The minimum absolute atomic E-state index is 0.163. The largest absolute Gasteiger partial charge is 0.481 e. The fraction of sp³-hybridized carbons (Fsp3) is 0.533. The first-order valence-electron chi connectivity index (χ1n) is 6.90. The summed E-state index contributed by atoms with van der Waals surface area (Å²) in [6, 6.07) is 5.41. The molecule has 19 heavy (non-hydrogen) atoms. The molecular formula is C15H18FNO2. The van der Waals surface area contributed by atoms with Gasteiger partial charge in [0.05, 0.1) is 5.92 Å². The molecule has 102 valence electrons. The summed E-state index contributed by atoms with van der Waals surface area (Å²) in [6.07, 6.45) is 3.40. The zero-order valence-electron chi connectivity index (χ0n) is 10.8. The monoisotopic (exact) mass is 263 g/mol. The van der Waals surface area contributed by atoms with Crippen LogP contribution in [0.5, 0.6) is 0 Å². The molecule has 0 spiro atoms. The van der Waals surface area contributed by atoms with Gasteiger partial charge in [-0.1, -0.05) is 6.07 Å². The van der Waals surface area contributed by atoms with E-state index in [-0.39, 0.29) is 11.7 Å². The van der Waals surface area contributed by atoms with Crippen LogP contribution >= 0.6 is 0 Å². The van der Waals surface area contributed by atoms with Crippen LogP contribution in [0, 0.1) is 11.7 Å². The zero-order valence-corrected chi connectivity index (χ0v) is 10.8. The highest BCUT2D eigenvalue weighted by Crippen LogP contribution is 2.37. The number of likely N-dealkylation sites (tertiary alicyclic amines) is 1. The number of hydrogen-bond acceptors (Lipinski definition) is 2. The third-order valence-corrected chi connectivity index (χ3v) is 4.47. The number of halogens is 1. The van der Waals surface area contributed by atoms with E-state index in [2.05, 4.69) is 4.90 Å². The van der Waals surface area contributed by atoms with Crippen LogP contribution in [0.15, 0.2) is 18.2 Å². The normalized spacial score (nSPS) is 24.4. The van der Waals surface area contributed by atoms with Crippen LogP contribution in [-0.2, 0) is 11.2 Å². The second-order valence-corrected chi connectivity index (χ2v) is 5.55. The van der Waals surface area contributed by atoms with Gasteiger partial charge in [0.15, 0.2) is 0 Å². The number of fused-ring (bicyclic) bond motifs is 1. The van der Waals surface area contributed by atoms with Gasteiger partial charge in [0.1, 0.15) is 5.82 Å². The summed E-state index contributed by atoms with van der Waals surface area (Å²) < 4.78 is 13.2. The second kappa shape index (κ2) is 4.93. The van der Waals surface area contributed by atoms with Crippen LogP contribution in [0.1, 0.15) is 36.4 Å². The standard InChI is InChI=1S/C15H18FNO2/c16-12-2-3-13-11(9-12)1-4-14(13)17-7-5-10(6-8-17)15(18)19/h2-3,9-10,14H,1,4-8H2,(H,18,19). The number of rotatable bonds is 2. The van der Waals surface area contributed by atoms with Gasteiger partial charge in [0.25, 0.3) is 0 Å². The van der Waals surface area contributed by atoms with Crippen molar-refractivity contribution in [3.63, 3.8) is 0 Å². The molecule has 0 aromatic heterocycles. The van der Waals surface area contributed by atoms with Crippen LogP contribution in [0.4, 0.5) is 4.39 Å². The first-order valence-corrected chi connectivity index (χ1v) is 6.90. The van der Waals surface area contributed by atoms with Crippen molar-refractivity contribution >= 4 is 5.97 Å². The average molecular weight is 263 g/mol. The number of hydrogen-bond donors (Lipinski definition) is 1. The molecule has 1 aliphatic carbocycles. The Bertz CT molecular complexity index is 495. The highest BCUT2D eigenvalue weighted by molar-refractivity contribution is 5.70. The lowest BCUT2D eigenvalue weighted by Crippen LogP contribution is -2.38. The van der Waals surface area contributed by atoms with Crippen LogP contribution in [-0.4, -0.2) is 29.1 Å². The van der Waals surface area contributed by atoms with E-state index in [1.54, 1.807) is 6.07 Å². The molecule has 0 saturated carbocycles. The van der Waals surface area contributed by atoms with Gasteiger partial charge < -0.3 is 5.11 Å². The number of aryl methyl sites for hydroxylation is 1. The molecule has 2 aliphatic rings. The predicted octanol–water partition coefficient (Wildman–Crippen LogP) is 2.61. The van der Waals surface area contributed by atoms with Gasteiger partial charge in [-0.15, -0.1) is 0 Å². The lowest BCUT2D eigenvalue weighted by molar-refractivity contribution is -0.143. The number of carbonyl (C=O) groups is 1. The summed E-state index contributed by atoms with van der Waals surface area (Å²) in [5.41, 5.74) is 2.35. The molecule has 1 aromatic rings. The molecule has 3 rings (SSSR count). The van der Waals surface area contributed by atoms with Crippen LogP contribution in [0.25, 0.3) is 0 Å². The minimum Gasteiger partial charge on any atom is -0.481 e. The van der Waals surface area contributed by atoms with E-state index in [1.165, 1.54) is 11.6 Å². The fourth-order valence-electron chi connectivity index (χ4n) is 3.40. The Morgan fingerprint density at radius 3 is 2.68 bits per heavy atom. The Morgan fingerprint density at radius 1 is 1.26 bits per heavy atom. The van der Waals surface area contributed by atoms with E-state index < -0.39 is 5.97 Å². The number of benzene rings is 1. The summed E-state index contributed by atoms with van der Waals surface area (Å²) in [4.78, 5) is 13.3. The van der Waals surface area contributed by atoms with Crippen molar-refractivity contribution in [2.45, 2.75) is 31.7 Å². The highest BCUT2D eigenvalue weighted by Gasteiger charge is 2.32. The Hall–Kier alpha value is -1.42. The third kappa shape index (κ3) is 2.37. The SMILES string of the molecule is O=C(O)C1CCN(C2CCc3cc(F)ccc32)CC1. The van der Waals surface area contributed by atoms with E-state index in [0.717, 1.165) is 44.3 Å². The average Bonchev–Trinajstić information content (AvgIpc) is 2.81. The highest BCUT2D eigenvalue weighted by atomic mass is 19.1. The molecular weight excluding hydrogens is 245 g/mol. The third-order valence-electron chi connectivity index (χ3n) is 4.47. The number of piperidine rings is 1. The Labute approximate surface area is 112 Å². The van der Waals surface area contributed by atoms with Gasteiger partial charge in [-0.3, -0.25) is 9.69 Å². The van der Waals surface area contributed by atoms with E-state index >= 15 is 0 Å². The topological polar surface area (TPSA) is 40.5 Å². The van der Waals surface area contributed by atoms with Gasteiger partial charge >= 0.3 is 5.97 Å². The van der Waals surface area contributed by atoms with E-state index in [0.29, 0.717) is 6.04 Å². The maximum absolute atomic E-state index is 13.2. The Balaban J connectivity index is 1.71. The molecule has 1 aliphatic heterocycles. The van der Waals surface area contributed by atoms with Crippen LogP contribution < -0.4 is 0 Å². The van der Waals surface area contributed by atoms with E-state index in [9.17, 15) is 9.18 Å². The molecule has 1 atom stereocenters. The maximum atomic E-state index is 13.2. The lowest BCUT2D eigenvalue weighted by Gasteiger charge is -2.35. The quantitative estimate of drug-likeness (QED) is 0.891. The number of nitrogens with zero attached hydrogens (tertiary/aromatic N) is 1. The van der Waals surface area contributed by atoms with Crippen molar-refractivity contribution in [3.8, 4) is 0 Å². The number of carboxylic acids is 1. The Kier molecular flexibility index (Phi) is 3.27. The Morgan fingerprint density at radius 2 is 2.00 bits per heavy atom. The van der Waals surface area contributed by atoms with Crippen molar-refractivity contribution in [1.82, 2.24) is 4.90 Å². The summed E-state index contributed by atoms with van der Waals surface area (Å²) in [7, 11) is 0. The first kappa shape index (κ1) is 12.6. The van der Waals surface area contributed by atoms with Gasteiger partial charge in [-0.2, -0.15) is 0 Å². The van der Waals surface area contributed by atoms with E-state index in [4.69, 9.17) is 5.11 Å². The van der Waals surface area contributed by atoms with Crippen molar-refractivity contribution in [2.24, 2.45) is 5.92 Å². The van der Waals surface area contributed by atoms with Gasteiger partial charge in [-0.05, 0) is 62.0 Å². The van der Waals surface area contributed by atoms with Crippen molar-refractivity contribution < 1.29 is 14.3 Å². The van der Waals surface area contributed by atoms with Crippen LogP contribution in [0.2, 0.25) is 0 Å².